The van der Waals surface area contributed by atoms with E-state index in [0.717, 1.165) is 78.1 Å². The van der Waals surface area contributed by atoms with Crippen LogP contribution in [-0.2, 0) is 11.0 Å². The zero-order valence-electron chi connectivity index (χ0n) is 23.1. The van der Waals surface area contributed by atoms with Crippen LogP contribution in [0.5, 0.6) is 5.75 Å². The quantitative estimate of drug-likeness (QED) is 0.163. The Kier molecular flexibility index (Phi) is 10.9. The van der Waals surface area contributed by atoms with Crippen LogP contribution < -0.4 is 4.74 Å². The molecule has 0 bridgehead atoms. The number of aliphatic carboxylic acids is 1. The highest BCUT2D eigenvalue weighted by molar-refractivity contribution is 7.99. The van der Waals surface area contributed by atoms with Gasteiger partial charge in [0.2, 0.25) is 0 Å². The summed E-state index contributed by atoms with van der Waals surface area (Å²) in [6.07, 6.45) is 0.647. The molecule has 0 saturated carbocycles. The Morgan fingerprint density at radius 1 is 1.15 bits per heavy atom. The average Bonchev–Trinajstić information content (AvgIpc) is 2.96. The Morgan fingerprint density at radius 3 is 2.63 bits per heavy atom. The number of likely N-dealkylation sites (tertiary alicyclic amines) is 1. The molecule has 2 heterocycles. The molecule has 1 aliphatic heterocycles. The van der Waals surface area contributed by atoms with Crippen molar-refractivity contribution in [2.75, 3.05) is 32.5 Å². The normalized spacial score (nSPS) is 18.9. The summed E-state index contributed by atoms with van der Waals surface area (Å²) in [5.74, 6) is 1.25. The summed E-state index contributed by atoms with van der Waals surface area (Å²) < 4.78 is 43.7. The summed E-state index contributed by atoms with van der Waals surface area (Å²) in [5, 5.41) is 21.3. The highest BCUT2D eigenvalue weighted by atomic mass is 32.2. The molecule has 2 aromatic carbocycles. The number of hydrogen-bond acceptors (Lipinski definition) is 6. The number of aromatic nitrogens is 1. The molecule has 2 unspecified atom stereocenters. The van der Waals surface area contributed by atoms with E-state index in [2.05, 4.69) is 9.88 Å². The molecular formula is C31H37F3N2O4S. The maximum atomic E-state index is 12.8. The molecule has 222 valence electrons. The fraction of sp³-hybridized carbons (Fsp3) is 0.484. The predicted octanol–water partition coefficient (Wildman–Crippen LogP) is 7.06. The van der Waals surface area contributed by atoms with Gasteiger partial charge < -0.3 is 19.8 Å². The van der Waals surface area contributed by atoms with Crippen LogP contribution in [0.25, 0.3) is 10.9 Å². The number of alkyl halides is 3. The highest BCUT2D eigenvalue weighted by Crippen LogP contribution is 2.36. The van der Waals surface area contributed by atoms with E-state index < -0.39 is 23.8 Å². The van der Waals surface area contributed by atoms with Crippen molar-refractivity contribution < 1.29 is 32.9 Å². The molecule has 0 radical (unpaired) electrons. The van der Waals surface area contributed by atoms with Crippen molar-refractivity contribution in [1.29, 1.82) is 0 Å². The minimum atomic E-state index is -4.33. The van der Waals surface area contributed by atoms with E-state index in [4.69, 9.17) is 4.74 Å². The second kappa shape index (κ2) is 14.4. The van der Waals surface area contributed by atoms with Gasteiger partial charge in [0.15, 0.2) is 0 Å². The molecule has 2 N–H and O–H groups in total. The number of ether oxygens (including phenoxy) is 1. The van der Waals surface area contributed by atoms with Crippen LogP contribution >= 0.6 is 11.8 Å². The molecule has 1 fully saturated rings. The van der Waals surface area contributed by atoms with Gasteiger partial charge in [-0.2, -0.15) is 13.2 Å². The van der Waals surface area contributed by atoms with Crippen molar-refractivity contribution in [1.82, 2.24) is 9.88 Å². The van der Waals surface area contributed by atoms with Gasteiger partial charge in [-0.05, 0) is 117 Å². The smallest absolute Gasteiger partial charge is 0.416 e. The highest BCUT2D eigenvalue weighted by Gasteiger charge is 2.31. The summed E-state index contributed by atoms with van der Waals surface area (Å²) in [6, 6.07) is 12.7. The van der Waals surface area contributed by atoms with E-state index in [1.54, 1.807) is 25.1 Å². The predicted molar refractivity (Wildman–Crippen MR) is 154 cm³/mol. The van der Waals surface area contributed by atoms with E-state index in [0.29, 0.717) is 24.5 Å². The fourth-order valence-electron chi connectivity index (χ4n) is 5.69. The van der Waals surface area contributed by atoms with E-state index in [9.17, 15) is 28.2 Å². The van der Waals surface area contributed by atoms with E-state index >= 15 is 0 Å². The summed E-state index contributed by atoms with van der Waals surface area (Å²) in [6.45, 7) is 2.58. The lowest BCUT2D eigenvalue weighted by Gasteiger charge is -2.39. The van der Waals surface area contributed by atoms with Crippen LogP contribution in [0.15, 0.2) is 59.6 Å². The monoisotopic (exact) mass is 590 g/mol. The van der Waals surface area contributed by atoms with Gasteiger partial charge in [-0.15, -0.1) is 11.8 Å². The van der Waals surface area contributed by atoms with Crippen molar-refractivity contribution in [2.45, 2.75) is 55.7 Å². The number of rotatable bonds is 13. The summed E-state index contributed by atoms with van der Waals surface area (Å²) >= 11 is 1.54. The number of methoxy groups -OCH3 is 1. The number of thioether (sulfide) groups is 1. The topological polar surface area (TPSA) is 82.9 Å². The molecule has 0 aliphatic carbocycles. The van der Waals surface area contributed by atoms with Gasteiger partial charge in [0.1, 0.15) is 5.75 Å². The van der Waals surface area contributed by atoms with Crippen molar-refractivity contribution in [3.8, 4) is 5.75 Å². The fourth-order valence-corrected chi connectivity index (χ4v) is 6.52. The van der Waals surface area contributed by atoms with Crippen LogP contribution in [0.2, 0.25) is 0 Å². The first kappa shape index (κ1) is 31.1. The molecule has 0 amide bonds. The molecule has 1 aromatic heterocycles. The first-order chi connectivity index (χ1) is 19.6. The number of carbonyl (C=O) groups is 1. The summed E-state index contributed by atoms with van der Waals surface area (Å²) in [4.78, 5) is 18.9. The van der Waals surface area contributed by atoms with Crippen LogP contribution in [0, 0.1) is 11.8 Å². The Morgan fingerprint density at radius 2 is 1.93 bits per heavy atom. The number of halogens is 3. The van der Waals surface area contributed by atoms with E-state index in [-0.39, 0.29) is 12.3 Å². The maximum absolute atomic E-state index is 12.8. The molecule has 10 heteroatoms. The van der Waals surface area contributed by atoms with Crippen molar-refractivity contribution in [3.05, 3.63) is 65.9 Å². The van der Waals surface area contributed by atoms with Crippen LogP contribution in [-0.4, -0.2) is 58.6 Å². The van der Waals surface area contributed by atoms with E-state index in [1.807, 2.05) is 24.3 Å². The third kappa shape index (κ3) is 8.83. The van der Waals surface area contributed by atoms with Gasteiger partial charge in [0, 0.05) is 29.4 Å². The molecule has 0 spiro atoms. The lowest BCUT2D eigenvalue weighted by molar-refractivity contribution is -0.138. The summed E-state index contributed by atoms with van der Waals surface area (Å²) in [5.41, 5.74) is 0.976. The molecular weight excluding hydrogens is 553 g/mol. The van der Waals surface area contributed by atoms with Gasteiger partial charge in [-0.25, -0.2) is 0 Å². The zero-order valence-corrected chi connectivity index (χ0v) is 24.0. The molecule has 3 atom stereocenters. The lowest BCUT2D eigenvalue weighted by atomic mass is 9.79. The Labute approximate surface area is 242 Å². The Bertz CT molecular complexity index is 1290. The average molecular weight is 591 g/mol. The number of carboxylic acid groups (broad SMARTS) is 1. The second-order valence-corrected chi connectivity index (χ2v) is 11.8. The number of nitrogens with zero attached hydrogens (tertiary/aromatic N) is 2. The van der Waals surface area contributed by atoms with Crippen molar-refractivity contribution >= 4 is 28.6 Å². The number of benzene rings is 2. The molecule has 41 heavy (non-hydrogen) atoms. The first-order valence-corrected chi connectivity index (χ1v) is 15.0. The molecule has 6 nitrogen and oxygen atoms in total. The molecule has 1 saturated heterocycles. The SMILES string of the molecule is COc1ccc2nccc([C@@H](O)CCC3CCN(CCCSc4ccc(C(F)(F)F)cc4)CC3CCC(=O)O)c2c1. The molecule has 1 aliphatic rings. The van der Waals surface area contributed by atoms with Crippen molar-refractivity contribution in [2.24, 2.45) is 11.8 Å². The number of aliphatic hydroxyl groups is 1. The van der Waals surface area contributed by atoms with Crippen LogP contribution in [0.4, 0.5) is 13.2 Å². The zero-order chi connectivity index (χ0) is 29.4. The second-order valence-electron chi connectivity index (χ2n) is 10.6. The number of aliphatic hydroxyl groups excluding tert-OH is 1. The third-order valence-corrected chi connectivity index (χ3v) is 9.02. The van der Waals surface area contributed by atoms with Gasteiger partial charge in [0.25, 0.3) is 0 Å². The Hall–Kier alpha value is -2.82. The van der Waals surface area contributed by atoms with Gasteiger partial charge in [0.05, 0.1) is 24.3 Å². The number of fused-ring (bicyclic) bond motifs is 1. The Balaban J connectivity index is 1.29. The minimum Gasteiger partial charge on any atom is -0.497 e. The van der Waals surface area contributed by atoms with Crippen molar-refractivity contribution in [3.63, 3.8) is 0 Å². The van der Waals surface area contributed by atoms with E-state index in [1.165, 1.54) is 12.1 Å². The standard InChI is InChI=1S/C31H37F3N2O4S/c1-40-24-7-10-28-27(19-24)26(13-15-35-28)29(37)11-3-21-14-17-36(20-22(21)4-12-30(38)39)16-2-18-41-25-8-5-23(6-9-25)31(32,33)34/h5-10,13,15,19,21-22,29,37H,2-4,11-12,14,16-18,20H2,1H3,(H,38,39)/t21?,22?,29-/m0/s1. The van der Waals surface area contributed by atoms with Crippen LogP contribution in [0.1, 0.15) is 55.8 Å². The largest absolute Gasteiger partial charge is 0.497 e. The van der Waals surface area contributed by atoms with Gasteiger partial charge in [-0.3, -0.25) is 9.78 Å². The third-order valence-electron chi connectivity index (χ3n) is 7.93. The number of hydrogen-bond donors (Lipinski definition) is 2. The first-order valence-electron chi connectivity index (χ1n) is 14.0. The number of carboxylic acids is 1. The lowest BCUT2D eigenvalue weighted by Crippen LogP contribution is -2.41. The minimum absolute atomic E-state index is 0.121. The number of piperidine rings is 1. The molecule has 4 rings (SSSR count). The number of pyridine rings is 1. The summed E-state index contributed by atoms with van der Waals surface area (Å²) in [7, 11) is 1.61. The molecule has 3 aromatic rings. The van der Waals surface area contributed by atoms with Gasteiger partial charge in [-0.1, -0.05) is 0 Å². The maximum Gasteiger partial charge on any atom is 0.416 e. The van der Waals surface area contributed by atoms with Crippen LogP contribution in [0.3, 0.4) is 0 Å². The van der Waals surface area contributed by atoms with Gasteiger partial charge >= 0.3 is 12.1 Å².